The van der Waals surface area contributed by atoms with Gasteiger partial charge in [-0.05, 0) is 45.0 Å². The maximum absolute atomic E-state index is 13.7. The van der Waals surface area contributed by atoms with E-state index < -0.39 is 5.41 Å². The molecular weight excluding hydrogens is 306 g/mol. The van der Waals surface area contributed by atoms with Crippen LogP contribution in [0.4, 0.5) is 0 Å². The largest absolute Gasteiger partial charge is 0.307 e. The van der Waals surface area contributed by atoms with Crippen LogP contribution in [0.1, 0.15) is 44.7 Å². The van der Waals surface area contributed by atoms with E-state index in [1.807, 2.05) is 36.4 Å². The van der Waals surface area contributed by atoms with Crippen LogP contribution in [0.15, 0.2) is 60.7 Å². The third-order valence-corrected chi connectivity index (χ3v) is 5.50. The molecule has 0 aliphatic carbocycles. The molecule has 2 rings (SSSR count). The molecule has 2 nitrogen and oxygen atoms in total. The monoisotopic (exact) mass is 337 g/mol. The zero-order chi connectivity index (χ0) is 18.4. The normalized spacial score (nSPS) is 14.3. The lowest BCUT2D eigenvalue weighted by molar-refractivity contribution is -0.127. The van der Waals surface area contributed by atoms with Gasteiger partial charge in [-0.25, -0.2) is 0 Å². The van der Waals surface area contributed by atoms with Crippen molar-refractivity contribution in [3.05, 3.63) is 71.8 Å². The first-order chi connectivity index (χ1) is 11.9. The van der Waals surface area contributed by atoms with Crippen molar-refractivity contribution in [2.45, 2.75) is 45.1 Å². The Balaban J connectivity index is 2.71. The summed E-state index contributed by atoms with van der Waals surface area (Å²) >= 11 is 0. The fourth-order valence-electron chi connectivity index (χ4n) is 3.46. The molecule has 0 radical (unpaired) electrons. The Hall–Kier alpha value is -1.93. The molecule has 0 aromatic heterocycles. The van der Waals surface area contributed by atoms with Crippen molar-refractivity contribution in [1.82, 2.24) is 4.90 Å². The molecule has 2 atom stereocenters. The summed E-state index contributed by atoms with van der Waals surface area (Å²) in [5.74, 6) is 0.343. The number of hydrogen-bond acceptors (Lipinski definition) is 2. The van der Waals surface area contributed by atoms with Gasteiger partial charge in [0.2, 0.25) is 0 Å². The van der Waals surface area contributed by atoms with E-state index in [1.54, 1.807) is 0 Å². The summed E-state index contributed by atoms with van der Waals surface area (Å²) in [5, 5.41) is 0. The Bertz CT molecular complexity index is 624. The van der Waals surface area contributed by atoms with E-state index in [0.29, 0.717) is 5.78 Å². The van der Waals surface area contributed by atoms with Gasteiger partial charge in [-0.1, -0.05) is 74.5 Å². The number of nitrogens with zero attached hydrogens (tertiary/aromatic N) is 1. The fourth-order valence-corrected chi connectivity index (χ4v) is 3.46. The standard InChI is InChI=1S/C23H31NO/c1-6-18(2)22(25)23(17-19(3)24(4)5,20-13-9-7-10-14-20)21-15-11-8-12-16-21/h7-16,18-19H,6,17H2,1-5H3/t18-,19+/m1/s1. The minimum atomic E-state index is -0.609. The highest BCUT2D eigenvalue weighted by molar-refractivity contribution is 5.95. The van der Waals surface area contributed by atoms with Gasteiger partial charge in [-0.2, -0.15) is 0 Å². The Morgan fingerprint density at radius 2 is 1.36 bits per heavy atom. The van der Waals surface area contributed by atoms with Gasteiger partial charge in [0.1, 0.15) is 0 Å². The van der Waals surface area contributed by atoms with Crippen LogP contribution in [0.5, 0.6) is 0 Å². The maximum Gasteiger partial charge on any atom is 0.150 e. The molecule has 0 bridgehead atoms. The molecule has 0 N–H and O–H groups in total. The van der Waals surface area contributed by atoms with Crippen LogP contribution in [-0.2, 0) is 10.2 Å². The van der Waals surface area contributed by atoms with E-state index in [0.717, 1.165) is 24.0 Å². The summed E-state index contributed by atoms with van der Waals surface area (Å²) < 4.78 is 0. The SMILES string of the molecule is CC[C@@H](C)C(=O)C(C[C@H](C)N(C)C)(c1ccccc1)c1ccccc1. The zero-order valence-electron chi connectivity index (χ0n) is 16.2. The van der Waals surface area contributed by atoms with Gasteiger partial charge in [-0.3, -0.25) is 4.79 Å². The van der Waals surface area contributed by atoms with Gasteiger partial charge in [0.15, 0.2) is 5.78 Å². The van der Waals surface area contributed by atoms with Crippen molar-refractivity contribution in [2.75, 3.05) is 14.1 Å². The third-order valence-electron chi connectivity index (χ3n) is 5.50. The number of Topliss-reactive ketones (excluding diaryl/α,β-unsaturated/α-hetero) is 1. The quantitative estimate of drug-likeness (QED) is 0.681. The number of hydrogen-bond donors (Lipinski definition) is 0. The Morgan fingerprint density at radius 1 is 0.920 bits per heavy atom. The van der Waals surface area contributed by atoms with Gasteiger partial charge in [0.25, 0.3) is 0 Å². The molecule has 2 heteroatoms. The highest BCUT2D eigenvalue weighted by Gasteiger charge is 2.44. The van der Waals surface area contributed by atoms with Crippen LogP contribution in [0.3, 0.4) is 0 Å². The second kappa shape index (κ2) is 8.44. The van der Waals surface area contributed by atoms with Gasteiger partial charge in [0, 0.05) is 12.0 Å². The first-order valence-corrected chi connectivity index (χ1v) is 9.25. The van der Waals surface area contributed by atoms with E-state index in [2.05, 4.69) is 64.0 Å². The smallest absolute Gasteiger partial charge is 0.150 e. The van der Waals surface area contributed by atoms with E-state index in [1.165, 1.54) is 0 Å². The summed E-state index contributed by atoms with van der Waals surface area (Å²) in [5.41, 5.74) is 1.59. The first kappa shape index (κ1) is 19.4. The lowest BCUT2D eigenvalue weighted by Gasteiger charge is -2.39. The summed E-state index contributed by atoms with van der Waals surface area (Å²) in [6, 6.07) is 20.9. The molecule has 0 spiro atoms. The average molecular weight is 338 g/mol. The molecule has 0 amide bonds. The van der Waals surface area contributed by atoms with Crippen LogP contribution in [0, 0.1) is 5.92 Å². The molecule has 0 heterocycles. The molecule has 25 heavy (non-hydrogen) atoms. The zero-order valence-corrected chi connectivity index (χ0v) is 16.2. The molecule has 134 valence electrons. The molecule has 0 aliphatic heterocycles. The van der Waals surface area contributed by atoms with Crippen molar-refractivity contribution in [3.8, 4) is 0 Å². The highest BCUT2D eigenvalue weighted by atomic mass is 16.1. The number of ketones is 1. The molecule has 0 saturated carbocycles. The summed E-state index contributed by atoms with van der Waals surface area (Å²) in [6.45, 7) is 6.35. The predicted molar refractivity (Wildman–Crippen MR) is 106 cm³/mol. The number of benzene rings is 2. The van der Waals surface area contributed by atoms with Crippen molar-refractivity contribution in [1.29, 1.82) is 0 Å². The number of carbonyl (C=O) groups is 1. The van der Waals surface area contributed by atoms with Gasteiger partial charge < -0.3 is 4.90 Å². The molecule has 2 aromatic carbocycles. The Kier molecular flexibility index (Phi) is 6.55. The fraction of sp³-hybridized carbons (Fsp3) is 0.435. The molecule has 2 aromatic rings. The predicted octanol–water partition coefficient (Wildman–Crippen LogP) is 4.93. The first-order valence-electron chi connectivity index (χ1n) is 9.25. The molecular formula is C23H31NO. The number of carbonyl (C=O) groups excluding carboxylic acids is 1. The van der Waals surface area contributed by atoms with Crippen molar-refractivity contribution >= 4 is 5.78 Å². The van der Waals surface area contributed by atoms with Crippen molar-refractivity contribution in [3.63, 3.8) is 0 Å². The van der Waals surface area contributed by atoms with Gasteiger partial charge in [0.05, 0.1) is 5.41 Å². The molecule has 0 aliphatic rings. The average Bonchev–Trinajstić information content (AvgIpc) is 2.66. The molecule has 0 fully saturated rings. The van der Waals surface area contributed by atoms with E-state index in [-0.39, 0.29) is 12.0 Å². The van der Waals surface area contributed by atoms with E-state index >= 15 is 0 Å². The molecule has 0 unspecified atom stereocenters. The summed E-state index contributed by atoms with van der Waals surface area (Å²) in [6.07, 6.45) is 1.63. The van der Waals surface area contributed by atoms with Gasteiger partial charge in [-0.15, -0.1) is 0 Å². The van der Waals surface area contributed by atoms with Crippen LogP contribution >= 0.6 is 0 Å². The van der Waals surface area contributed by atoms with Crippen molar-refractivity contribution in [2.24, 2.45) is 5.92 Å². The van der Waals surface area contributed by atoms with Gasteiger partial charge >= 0.3 is 0 Å². The van der Waals surface area contributed by atoms with E-state index in [9.17, 15) is 4.79 Å². The van der Waals surface area contributed by atoms with Crippen LogP contribution < -0.4 is 0 Å². The van der Waals surface area contributed by atoms with Crippen LogP contribution in [-0.4, -0.2) is 30.8 Å². The maximum atomic E-state index is 13.7. The Labute approximate surface area is 152 Å². The Morgan fingerprint density at radius 3 is 1.72 bits per heavy atom. The lowest BCUT2D eigenvalue weighted by Crippen LogP contribution is -2.45. The second-order valence-corrected chi connectivity index (χ2v) is 7.33. The van der Waals surface area contributed by atoms with Crippen molar-refractivity contribution < 1.29 is 4.79 Å². The summed E-state index contributed by atoms with van der Waals surface area (Å²) in [4.78, 5) is 15.9. The summed E-state index contributed by atoms with van der Waals surface area (Å²) in [7, 11) is 4.16. The number of rotatable bonds is 8. The third kappa shape index (κ3) is 4.01. The minimum absolute atomic E-state index is 0.0229. The highest BCUT2D eigenvalue weighted by Crippen LogP contribution is 2.40. The topological polar surface area (TPSA) is 20.3 Å². The molecule has 0 saturated heterocycles. The second-order valence-electron chi connectivity index (χ2n) is 7.33. The minimum Gasteiger partial charge on any atom is -0.307 e. The lowest BCUT2D eigenvalue weighted by atomic mass is 9.64. The van der Waals surface area contributed by atoms with E-state index in [4.69, 9.17) is 0 Å². The van der Waals surface area contributed by atoms with Crippen LogP contribution in [0.25, 0.3) is 0 Å². The van der Waals surface area contributed by atoms with Crippen LogP contribution in [0.2, 0.25) is 0 Å².